The van der Waals surface area contributed by atoms with Crippen LogP contribution in [0.4, 0.5) is 0 Å². The molecule has 5 unspecified atom stereocenters. The fraction of sp³-hybridized carbons (Fsp3) is 0.667. The molecule has 0 saturated carbocycles. The number of nitrogens with two attached hydrogens (primary N) is 5. The van der Waals surface area contributed by atoms with Crippen molar-refractivity contribution in [2.24, 2.45) is 38.7 Å². The molecule has 0 aliphatic heterocycles. The van der Waals surface area contributed by atoms with Crippen molar-refractivity contribution in [2.45, 2.75) is 75.7 Å². The van der Waals surface area contributed by atoms with Crippen LogP contribution in [0.1, 0.15) is 45.4 Å². The number of aliphatic carboxylic acids is 2. The first-order chi connectivity index (χ1) is 18.1. The molecule has 0 aromatic carbocycles. The summed E-state index contributed by atoms with van der Waals surface area (Å²) in [6.07, 6.45) is -1.78. The van der Waals surface area contributed by atoms with Gasteiger partial charge < -0.3 is 59.9 Å². The number of aliphatic hydroxyl groups excluding tert-OH is 1. The summed E-state index contributed by atoms with van der Waals surface area (Å²) in [6.45, 7) is 1.47. The van der Waals surface area contributed by atoms with Gasteiger partial charge in [0.05, 0.1) is 6.10 Å². The third-order valence-corrected chi connectivity index (χ3v) is 5.24. The van der Waals surface area contributed by atoms with Gasteiger partial charge in [-0.3, -0.25) is 29.2 Å². The first-order valence-corrected chi connectivity index (χ1v) is 12.1. The van der Waals surface area contributed by atoms with Gasteiger partial charge in [0.1, 0.15) is 24.2 Å². The minimum atomic E-state index is -1.43. The standard InChI is InChI=1S/C21H40N10O8/c1-10(32)15(22)18(37)30-12(6-7-14(33)34)17(36)29-11(4-2-8-27-20(23)24)16(35)31-13(19(38)39)5-3-9-28-21(25)26/h10-13,15,32H,2-9,22H2,1H3,(H,29,36)(H,30,37)(H,31,35)(H,33,34)(H,38,39)(H4,23,24,27)(H4,25,26,28). The lowest BCUT2D eigenvalue weighted by Crippen LogP contribution is -2.58. The van der Waals surface area contributed by atoms with Gasteiger partial charge in [0.15, 0.2) is 11.9 Å². The highest BCUT2D eigenvalue weighted by atomic mass is 16.4. The van der Waals surface area contributed by atoms with Crippen LogP contribution in [0.3, 0.4) is 0 Å². The highest BCUT2D eigenvalue weighted by Gasteiger charge is 2.31. The largest absolute Gasteiger partial charge is 0.481 e. The van der Waals surface area contributed by atoms with E-state index in [1.807, 2.05) is 0 Å². The van der Waals surface area contributed by atoms with E-state index in [2.05, 4.69) is 25.9 Å². The lowest BCUT2D eigenvalue weighted by Gasteiger charge is -2.25. The van der Waals surface area contributed by atoms with Crippen LogP contribution in [-0.4, -0.2) is 100 Å². The van der Waals surface area contributed by atoms with E-state index in [0.29, 0.717) is 0 Å². The summed E-state index contributed by atoms with van der Waals surface area (Å²) in [5, 5.41) is 35.1. The number of carbonyl (C=O) groups is 5. The Morgan fingerprint density at radius 2 is 1.13 bits per heavy atom. The molecule has 0 bridgehead atoms. The van der Waals surface area contributed by atoms with Crippen molar-refractivity contribution in [2.75, 3.05) is 13.1 Å². The lowest BCUT2D eigenvalue weighted by atomic mass is 10.1. The van der Waals surface area contributed by atoms with Gasteiger partial charge in [-0.2, -0.15) is 0 Å². The van der Waals surface area contributed by atoms with Crippen LogP contribution in [0.15, 0.2) is 9.98 Å². The lowest BCUT2D eigenvalue weighted by molar-refractivity contribution is -0.142. The molecule has 18 nitrogen and oxygen atoms in total. The Kier molecular flexibility index (Phi) is 16.2. The average molecular weight is 561 g/mol. The molecule has 0 spiro atoms. The molecule has 222 valence electrons. The number of nitrogens with zero attached hydrogens (tertiary/aromatic N) is 2. The van der Waals surface area contributed by atoms with Crippen molar-refractivity contribution in [1.29, 1.82) is 0 Å². The molecule has 0 fully saturated rings. The Balaban J connectivity index is 5.70. The van der Waals surface area contributed by atoms with Gasteiger partial charge in [0, 0.05) is 19.5 Å². The van der Waals surface area contributed by atoms with E-state index in [4.69, 9.17) is 33.8 Å². The zero-order chi connectivity index (χ0) is 30.1. The van der Waals surface area contributed by atoms with Crippen molar-refractivity contribution < 1.29 is 39.3 Å². The molecule has 0 radical (unpaired) electrons. The molecule has 0 aliphatic carbocycles. The molecule has 3 amide bonds. The third-order valence-electron chi connectivity index (χ3n) is 5.24. The second kappa shape index (κ2) is 18.1. The van der Waals surface area contributed by atoms with Gasteiger partial charge in [-0.25, -0.2) is 4.79 Å². The maximum absolute atomic E-state index is 13.0. The van der Waals surface area contributed by atoms with Crippen molar-refractivity contribution in [1.82, 2.24) is 16.0 Å². The van der Waals surface area contributed by atoms with Gasteiger partial charge in [0.25, 0.3) is 0 Å². The van der Waals surface area contributed by atoms with Crippen LogP contribution in [0.25, 0.3) is 0 Å². The predicted octanol–water partition coefficient (Wildman–Crippen LogP) is -4.79. The number of guanidine groups is 2. The van der Waals surface area contributed by atoms with E-state index < -0.39 is 66.4 Å². The molecule has 0 saturated heterocycles. The van der Waals surface area contributed by atoms with E-state index in [1.54, 1.807) is 0 Å². The smallest absolute Gasteiger partial charge is 0.326 e. The van der Waals surface area contributed by atoms with E-state index in [0.717, 1.165) is 0 Å². The summed E-state index contributed by atoms with van der Waals surface area (Å²) in [5.41, 5.74) is 26.6. The highest BCUT2D eigenvalue weighted by Crippen LogP contribution is 2.06. The fourth-order valence-corrected chi connectivity index (χ4v) is 3.10. The highest BCUT2D eigenvalue weighted by molar-refractivity contribution is 5.94. The summed E-state index contributed by atoms with van der Waals surface area (Å²) in [6, 6.07) is -5.48. The molecule has 0 aromatic heterocycles. The summed E-state index contributed by atoms with van der Waals surface area (Å²) in [7, 11) is 0. The third kappa shape index (κ3) is 15.6. The number of carbonyl (C=O) groups excluding carboxylic acids is 3. The van der Waals surface area contributed by atoms with Gasteiger partial charge in [0.2, 0.25) is 17.7 Å². The number of carboxylic acid groups (broad SMARTS) is 2. The van der Waals surface area contributed by atoms with Crippen molar-refractivity contribution in [3.8, 4) is 0 Å². The van der Waals surface area contributed by atoms with Crippen LogP contribution in [0.5, 0.6) is 0 Å². The van der Waals surface area contributed by atoms with Crippen LogP contribution in [0.2, 0.25) is 0 Å². The Labute approximate surface area is 224 Å². The van der Waals surface area contributed by atoms with E-state index >= 15 is 0 Å². The second-order valence-electron chi connectivity index (χ2n) is 8.62. The van der Waals surface area contributed by atoms with Crippen LogP contribution in [0, 0.1) is 0 Å². The monoisotopic (exact) mass is 560 g/mol. The Morgan fingerprint density at radius 1 is 0.718 bits per heavy atom. The van der Waals surface area contributed by atoms with Crippen LogP contribution < -0.4 is 44.6 Å². The maximum Gasteiger partial charge on any atom is 0.326 e. The number of nitrogens with one attached hydrogen (secondary N) is 3. The number of aliphatic imine (C=N–C) groups is 2. The minimum absolute atomic E-state index is 0.0267. The summed E-state index contributed by atoms with van der Waals surface area (Å²) >= 11 is 0. The predicted molar refractivity (Wildman–Crippen MR) is 140 cm³/mol. The number of rotatable bonds is 19. The van der Waals surface area contributed by atoms with E-state index in [-0.39, 0.29) is 57.1 Å². The first-order valence-electron chi connectivity index (χ1n) is 12.1. The fourth-order valence-electron chi connectivity index (χ4n) is 3.10. The zero-order valence-electron chi connectivity index (χ0n) is 21.7. The number of hydrogen-bond acceptors (Lipinski definition) is 9. The van der Waals surface area contributed by atoms with Gasteiger partial charge in [-0.15, -0.1) is 0 Å². The molecule has 0 heterocycles. The topological polar surface area (TPSA) is 337 Å². The molecule has 0 rings (SSSR count). The normalized spacial score (nSPS) is 14.4. The van der Waals surface area contributed by atoms with E-state index in [1.165, 1.54) is 6.92 Å². The van der Waals surface area contributed by atoms with Crippen LogP contribution in [-0.2, 0) is 24.0 Å². The molecule has 16 N–H and O–H groups in total. The summed E-state index contributed by atoms with van der Waals surface area (Å²) < 4.78 is 0. The molecule has 5 atom stereocenters. The molecule has 18 heteroatoms. The summed E-state index contributed by atoms with van der Waals surface area (Å²) in [4.78, 5) is 68.6. The Hall–Kier alpha value is -4.19. The quantitative estimate of drug-likeness (QED) is 0.0401. The molecule has 39 heavy (non-hydrogen) atoms. The first kappa shape index (κ1) is 34.8. The van der Waals surface area contributed by atoms with Crippen molar-refractivity contribution >= 4 is 41.6 Å². The SMILES string of the molecule is CC(O)C(N)C(=O)NC(CCC(=O)O)C(=O)NC(CCCN=C(N)N)C(=O)NC(CCCN=C(N)N)C(=O)O. The summed E-state index contributed by atoms with van der Waals surface area (Å²) in [5.74, 6) is -5.66. The molecular formula is C21H40N10O8. The maximum atomic E-state index is 13.0. The van der Waals surface area contributed by atoms with Gasteiger partial charge >= 0.3 is 11.9 Å². The van der Waals surface area contributed by atoms with Crippen molar-refractivity contribution in [3.63, 3.8) is 0 Å². The number of hydrogen-bond donors (Lipinski definition) is 11. The zero-order valence-corrected chi connectivity index (χ0v) is 21.7. The molecular weight excluding hydrogens is 520 g/mol. The molecule has 0 aliphatic rings. The number of amides is 3. The van der Waals surface area contributed by atoms with Crippen molar-refractivity contribution in [3.05, 3.63) is 0 Å². The molecule has 0 aromatic rings. The van der Waals surface area contributed by atoms with Gasteiger partial charge in [-0.05, 0) is 39.0 Å². The van der Waals surface area contributed by atoms with Crippen LogP contribution >= 0.6 is 0 Å². The van der Waals surface area contributed by atoms with Gasteiger partial charge in [-0.1, -0.05) is 0 Å². The Bertz CT molecular complexity index is 903. The Morgan fingerprint density at radius 3 is 1.54 bits per heavy atom. The number of carboxylic acids is 2. The average Bonchev–Trinajstić information content (AvgIpc) is 2.83. The second-order valence-corrected chi connectivity index (χ2v) is 8.62. The van der Waals surface area contributed by atoms with E-state index in [9.17, 15) is 34.2 Å². The number of aliphatic hydroxyl groups is 1. The minimum Gasteiger partial charge on any atom is -0.481 e.